The van der Waals surface area contributed by atoms with E-state index in [0.29, 0.717) is 23.9 Å². The predicted molar refractivity (Wildman–Crippen MR) is 70.0 cm³/mol. The van der Waals surface area contributed by atoms with Gasteiger partial charge in [-0.3, -0.25) is 25.0 Å². The smallest absolute Gasteiger partial charge is 0.446 e. The van der Waals surface area contributed by atoms with Crippen LogP contribution in [0.25, 0.3) is 0 Å². The average molecular weight is 358 g/mol. The van der Waals surface area contributed by atoms with Crippen molar-refractivity contribution in [3.05, 3.63) is 32.4 Å². The van der Waals surface area contributed by atoms with Crippen LogP contribution in [0.1, 0.15) is 0 Å². The Hall–Kier alpha value is -2.02. The highest BCUT2D eigenvalue weighted by molar-refractivity contribution is 8.00. The van der Waals surface area contributed by atoms with Crippen LogP contribution >= 0.6 is 23.5 Å². The molecule has 0 aliphatic carbocycles. The number of hydrogen-bond acceptors (Lipinski definition) is 7. The molecule has 0 fully saturated rings. The molecule has 1 aromatic carbocycles. The Morgan fingerprint density at radius 3 is 1.95 bits per heavy atom. The summed E-state index contributed by atoms with van der Waals surface area (Å²) in [4.78, 5) is 28.7. The van der Waals surface area contributed by atoms with Gasteiger partial charge < -0.3 is 5.11 Å². The minimum atomic E-state index is -4.78. The molecule has 0 bridgehead atoms. The first kappa shape index (κ1) is 18.0. The molecule has 22 heavy (non-hydrogen) atoms. The third-order valence-corrected chi connectivity index (χ3v) is 3.79. The van der Waals surface area contributed by atoms with Gasteiger partial charge in [-0.1, -0.05) is 0 Å². The number of carbonyl (C=O) groups is 1. The first-order valence-corrected chi connectivity index (χ1v) is 6.88. The second-order valence-electron chi connectivity index (χ2n) is 3.54. The normalized spacial score (nSPS) is 11.2. The maximum atomic E-state index is 12.3. The summed E-state index contributed by atoms with van der Waals surface area (Å²) >= 11 is -0.446. The molecule has 0 saturated carbocycles. The highest BCUT2D eigenvalue weighted by Crippen LogP contribution is 2.44. The monoisotopic (exact) mass is 358 g/mol. The van der Waals surface area contributed by atoms with Crippen molar-refractivity contribution in [2.45, 2.75) is 15.3 Å². The summed E-state index contributed by atoms with van der Waals surface area (Å²) < 4.78 is 36.9. The van der Waals surface area contributed by atoms with Gasteiger partial charge in [0.2, 0.25) is 0 Å². The van der Waals surface area contributed by atoms with Crippen LogP contribution in [0, 0.1) is 20.2 Å². The van der Waals surface area contributed by atoms with Crippen LogP contribution in [0.4, 0.5) is 24.5 Å². The number of nitro benzene ring substituents is 2. The van der Waals surface area contributed by atoms with Crippen LogP contribution < -0.4 is 0 Å². The summed E-state index contributed by atoms with van der Waals surface area (Å²) in [7, 11) is 0. The summed E-state index contributed by atoms with van der Waals surface area (Å²) in [6, 6.07) is 1.05. The number of thioether (sulfide) groups is 2. The number of rotatable bonds is 6. The lowest BCUT2D eigenvalue weighted by Crippen LogP contribution is -2.04. The molecule has 0 saturated heterocycles. The van der Waals surface area contributed by atoms with E-state index in [4.69, 9.17) is 5.11 Å². The quantitative estimate of drug-likeness (QED) is 0.467. The van der Waals surface area contributed by atoms with Gasteiger partial charge in [-0.25, -0.2) is 0 Å². The number of nitrogens with zero attached hydrogens (tertiary/aromatic N) is 2. The van der Waals surface area contributed by atoms with Crippen LogP contribution in [-0.2, 0) is 4.79 Å². The molecule has 0 aromatic heterocycles. The number of benzene rings is 1. The van der Waals surface area contributed by atoms with Crippen LogP contribution in [0.15, 0.2) is 21.9 Å². The van der Waals surface area contributed by atoms with Crippen molar-refractivity contribution in [2.24, 2.45) is 0 Å². The number of aliphatic carboxylic acids is 1. The van der Waals surface area contributed by atoms with E-state index in [0.717, 1.165) is 0 Å². The summed E-state index contributed by atoms with van der Waals surface area (Å²) in [5.74, 6) is -2.10. The third-order valence-electron chi connectivity index (χ3n) is 1.99. The van der Waals surface area contributed by atoms with Gasteiger partial charge in [0.1, 0.15) is 0 Å². The highest BCUT2D eigenvalue weighted by atomic mass is 32.2. The fraction of sp³-hybridized carbons (Fsp3) is 0.222. The van der Waals surface area contributed by atoms with Crippen molar-refractivity contribution in [3.63, 3.8) is 0 Å². The highest BCUT2D eigenvalue weighted by Gasteiger charge is 2.34. The van der Waals surface area contributed by atoms with Gasteiger partial charge in [-0.2, -0.15) is 13.2 Å². The lowest BCUT2D eigenvalue weighted by Gasteiger charge is -2.08. The van der Waals surface area contributed by atoms with Crippen LogP contribution in [-0.4, -0.2) is 32.2 Å². The number of carboxylic acid groups (broad SMARTS) is 1. The second kappa shape index (κ2) is 6.83. The van der Waals surface area contributed by atoms with Gasteiger partial charge in [0.15, 0.2) is 4.90 Å². The molecule has 0 amide bonds. The summed E-state index contributed by atoms with van der Waals surface area (Å²) in [5.41, 5.74) is -6.68. The third kappa shape index (κ3) is 5.07. The number of nitro groups is 2. The molecule has 1 aromatic rings. The van der Waals surface area contributed by atoms with Crippen LogP contribution in [0.3, 0.4) is 0 Å². The zero-order chi connectivity index (χ0) is 17.1. The lowest BCUT2D eigenvalue weighted by molar-refractivity contribution is -0.400. The summed E-state index contributed by atoms with van der Waals surface area (Å²) in [6.45, 7) is 0. The summed E-state index contributed by atoms with van der Waals surface area (Å²) in [5, 5.41) is 30.3. The van der Waals surface area contributed by atoms with Gasteiger partial charge in [-0.05, 0) is 11.8 Å². The number of alkyl halides is 3. The van der Waals surface area contributed by atoms with Gasteiger partial charge >= 0.3 is 11.5 Å². The summed E-state index contributed by atoms with van der Waals surface area (Å²) in [6.07, 6.45) is 0. The Bertz CT molecular complexity index is 601. The maximum Gasteiger partial charge on any atom is 0.446 e. The zero-order valence-electron chi connectivity index (χ0n) is 10.2. The Morgan fingerprint density at radius 2 is 1.64 bits per heavy atom. The van der Waals surface area contributed by atoms with Crippen molar-refractivity contribution in [3.8, 4) is 0 Å². The Labute approximate surface area is 128 Å². The topological polar surface area (TPSA) is 124 Å². The van der Waals surface area contributed by atoms with Crippen molar-refractivity contribution >= 4 is 40.9 Å². The van der Waals surface area contributed by atoms with E-state index < -0.39 is 60.0 Å². The Kier molecular flexibility index (Phi) is 5.59. The number of carboxylic acids is 1. The SMILES string of the molecule is O=C(O)CSc1c([N+](=O)[O-])cc(SC(F)(F)F)cc1[N+](=O)[O-]. The van der Waals surface area contributed by atoms with Crippen LogP contribution in [0.5, 0.6) is 0 Å². The zero-order valence-corrected chi connectivity index (χ0v) is 11.8. The van der Waals surface area contributed by atoms with E-state index in [9.17, 15) is 38.2 Å². The van der Waals surface area contributed by atoms with Crippen molar-refractivity contribution in [1.29, 1.82) is 0 Å². The van der Waals surface area contributed by atoms with E-state index in [1.54, 1.807) is 0 Å². The molecule has 0 heterocycles. The molecule has 120 valence electrons. The molecule has 0 spiro atoms. The van der Waals surface area contributed by atoms with E-state index in [1.165, 1.54) is 0 Å². The molecule has 0 aliphatic heterocycles. The van der Waals surface area contributed by atoms with Gasteiger partial charge in [0.05, 0.1) is 15.6 Å². The fourth-order valence-electron chi connectivity index (χ4n) is 1.32. The van der Waals surface area contributed by atoms with Gasteiger partial charge in [0.25, 0.3) is 11.4 Å². The molecule has 13 heteroatoms. The molecular formula is C9H5F3N2O6S2. The molecule has 0 atom stereocenters. The maximum absolute atomic E-state index is 12.3. The minimum Gasteiger partial charge on any atom is -0.481 e. The van der Waals surface area contributed by atoms with E-state index in [-0.39, 0.29) is 0 Å². The van der Waals surface area contributed by atoms with Crippen molar-refractivity contribution in [1.82, 2.24) is 0 Å². The van der Waals surface area contributed by atoms with Gasteiger partial charge in [0, 0.05) is 17.0 Å². The largest absolute Gasteiger partial charge is 0.481 e. The van der Waals surface area contributed by atoms with E-state index >= 15 is 0 Å². The molecule has 1 rings (SSSR count). The predicted octanol–water partition coefficient (Wildman–Crippen LogP) is 3.29. The van der Waals surface area contributed by atoms with Crippen LogP contribution in [0.2, 0.25) is 0 Å². The molecule has 8 nitrogen and oxygen atoms in total. The molecule has 1 N–H and O–H groups in total. The Balaban J connectivity index is 3.43. The Morgan fingerprint density at radius 1 is 1.18 bits per heavy atom. The van der Waals surface area contributed by atoms with E-state index in [1.807, 2.05) is 0 Å². The molecular weight excluding hydrogens is 353 g/mol. The van der Waals surface area contributed by atoms with Crippen molar-refractivity contribution in [2.75, 3.05) is 5.75 Å². The minimum absolute atomic E-state index is 0.292. The fourth-order valence-corrected chi connectivity index (χ4v) is 2.76. The van der Waals surface area contributed by atoms with Gasteiger partial charge in [-0.15, -0.1) is 11.8 Å². The molecule has 0 unspecified atom stereocenters. The molecule has 0 radical (unpaired) electrons. The van der Waals surface area contributed by atoms with Crippen molar-refractivity contribution < 1.29 is 32.9 Å². The lowest BCUT2D eigenvalue weighted by atomic mass is 10.3. The molecule has 0 aliphatic rings. The first-order chi connectivity index (χ1) is 10.0. The average Bonchev–Trinajstić information content (AvgIpc) is 2.33. The standard InChI is InChI=1S/C9H5F3N2O6S2/c10-9(11,12)22-4-1-5(13(17)18)8(21-3-7(15)16)6(2-4)14(19)20/h1-2H,3H2,(H,15,16). The van der Waals surface area contributed by atoms with E-state index in [2.05, 4.69) is 0 Å². The number of hydrogen-bond donors (Lipinski definition) is 1. The first-order valence-electron chi connectivity index (χ1n) is 5.08. The second-order valence-corrected chi connectivity index (χ2v) is 5.66. The number of halogens is 3.